The molecule has 2 saturated carbocycles. The third-order valence-corrected chi connectivity index (χ3v) is 9.60. The van der Waals surface area contributed by atoms with Crippen LogP contribution in [0.5, 0.6) is 0 Å². The van der Waals surface area contributed by atoms with Gasteiger partial charge in [-0.25, -0.2) is 4.98 Å². The molecule has 2 aliphatic rings. The summed E-state index contributed by atoms with van der Waals surface area (Å²) in [5.41, 5.74) is 3.45. The zero-order valence-corrected chi connectivity index (χ0v) is 24.1. The molecule has 39 heavy (non-hydrogen) atoms. The highest BCUT2D eigenvalue weighted by atomic mass is 32.2. The Balaban J connectivity index is 1.32. The summed E-state index contributed by atoms with van der Waals surface area (Å²) >= 11 is 1.51. The Morgan fingerprint density at radius 2 is 2.05 bits per heavy atom. The van der Waals surface area contributed by atoms with Gasteiger partial charge in [0.15, 0.2) is 0 Å². The molecule has 1 atom stereocenters. The van der Waals surface area contributed by atoms with Gasteiger partial charge in [-0.3, -0.25) is 9.59 Å². The highest BCUT2D eigenvalue weighted by molar-refractivity contribution is 7.98. The molecule has 1 amide bonds. The first kappa shape index (κ1) is 27.5. The maximum Gasteiger partial charge on any atom is 0.254 e. The number of hydrogen-bond acceptors (Lipinski definition) is 6. The van der Waals surface area contributed by atoms with E-state index in [0.717, 1.165) is 72.4 Å². The van der Waals surface area contributed by atoms with Gasteiger partial charge in [-0.2, -0.15) is 5.26 Å². The molecule has 0 radical (unpaired) electrons. The van der Waals surface area contributed by atoms with Crippen LogP contribution in [-0.4, -0.2) is 39.3 Å². The lowest BCUT2D eigenvalue weighted by molar-refractivity contribution is 0.0951. The number of aromatic nitrogens is 3. The fourth-order valence-corrected chi connectivity index (χ4v) is 6.88. The fraction of sp³-hybridized carbons (Fsp3) is 0.533. The number of pyridine rings is 2. The summed E-state index contributed by atoms with van der Waals surface area (Å²) in [4.78, 5) is 34.6. The maximum atomic E-state index is 13.6. The van der Waals surface area contributed by atoms with E-state index in [-0.39, 0.29) is 29.5 Å². The maximum absolute atomic E-state index is 13.6. The van der Waals surface area contributed by atoms with E-state index < -0.39 is 0 Å². The van der Waals surface area contributed by atoms with E-state index in [0.29, 0.717) is 23.1 Å². The molecule has 206 valence electrons. The van der Waals surface area contributed by atoms with Crippen molar-refractivity contribution in [2.24, 2.45) is 11.3 Å². The Morgan fingerprint density at radius 1 is 1.31 bits per heavy atom. The van der Waals surface area contributed by atoms with Crippen LogP contribution >= 0.6 is 11.8 Å². The molecule has 0 aromatic carbocycles. The zero-order chi connectivity index (χ0) is 27.7. The summed E-state index contributed by atoms with van der Waals surface area (Å²) < 4.78 is 2.24. The third kappa shape index (κ3) is 5.50. The van der Waals surface area contributed by atoms with Crippen LogP contribution in [0.1, 0.15) is 78.8 Å². The van der Waals surface area contributed by atoms with Crippen LogP contribution < -0.4 is 16.2 Å². The SMILES string of the molecule is CSc1cc(C)[nH]c(=O)c1CNC(=O)c1c(C)n([C@H](C)C2CCC(NCC3(C#N)CC3)CC2)c2ncccc12. The van der Waals surface area contributed by atoms with Crippen LogP contribution in [0.15, 0.2) is 34.1 Å². The Kier molecular flexibility index (Phi) is 7.88. The number of fused-ring (bicyclic) bond motifs is 1. The molecule has 3 heterocycles. The fourth-order valence-electron chi connectivity index (χ4n) is 6.17. The molecule has 2 aliphatic carbocycles. The molecule has 0 saturated heterocycles. The average molecular weight is 547 g/mol. The number of nitrogens with one attached hydrogen (secondary N) is 3. The average Bonchev–Trinajstić information content (AvgIpc) is 3.66. The summed E-state index contributed by atoms with van der Waals surface area (Å²) in [6, 6.07) is 8.92. The number of amides is 1. The molecule has 0 aliphatic heterocycles. The molecular weight excluding hydrogens is 508 g/mol. The van der Waals surface area contributed by atoms with Crippen molar-refractivity contribution in [1.29, 1.82) is 5.26 Å². The van der Waals surface area contributed by atoms with Crippen molar-refractivity contribution in [3.63, 3.8) is 0 Å². The number of rotatable bonds is 9. The number of carbonyl (C=O) groups is 1. The standard InChI is InChI=1S/C30H38N6O2S/c1-18-14-25(39-4)24(28(37)35-18)15-33-29(38)26-20(3)36(27-23(26)6-5-13-32-27)19(2)21-7-9-22(10-8-21)34-17-30(16-31)11-12-30/h5-6,13-14,19,21-22,34H,7-12,15,17H2,1-4H3,(H,33,38)(H,35,37)/t19-,21?,22?/m1/s1. The molecule has 5 rings (SSSR count). The summed E-state index contributed by atoms with van der Waals surface area (Å²) in [6.45, 7) is 7.08. The molecule has 2 fully saturated rings. The van der Waals surface area contributed by atoms with E-state index >= 15 is 0 Å². The van der Waals surface area contributed by atoms with Crippen molar-refractivity contribution in [1.82, 2.24) is 25.2 Å². The van der Waals surface area contributed by atoms with Gasteiger partial charge in [-0.05, 0) is 89.7 Å². The lowest BCUT2D eigenvalue weighted by Crippen LogP contribution is -2.38. The number of aromatic amines is 1. The molecule has 9 heteroatoms. The first-order valence-corrected chi connectivity index (χ1v) is 15.1. The van der Waals surface area contributed by atoms with Crippen molar-refractivity contribution in [3.05, 3.63) is 57.3 Å². The van der Waals surface area contributed by atoms with Gasteiger partial charge in [-0.1, -0.05) is 0 Å². The first-order valence-electron chi connectivity index (χ1n) is 13.9. The molecule has 0 spiro atoms. The van der Waals surface area contributed by atoms with Crippen molar-refractivity contribution in [3.8, 4) is 6.07 Å². The number of H-pyrrole nitrogens is 1. The van der Waals surface area contributed by atoms with Crippen LogP contribution in [-0.2, 0) is 6.54 Å². The first-order chi connectivity index (χ1) is 18.8. The number of nitriles is 1. The smallest absolute Gasteiger partial charge is 0.254 e. The van der Waals surface area contributed by atoms with E-state index in [1.165, 1.54) is 11.8 Å². The molecular formula is C30H38N6O2S. The van der Waals surface area contributed by atoms with Gasteiger partial charge in [0, 0.05) is 58.6 Å². The highest BCUT2D eigenvalue weighted by Crippen LogP contribution is 2.44. The van der Waals surface area contributed by atoms with E-state index in [9.17, 15) is 14.9 Å². The summed E-state index contributed by atoms with van der Waals surface area (Å²) in [6.07, 6.45) is 10.1. The van der Waals surface area contributed by atoms with Gasteiger partial charge >= 0.3 is 0 Å². The molecule has 0 bridgehead atoms. The second-order valence-electron chi connectivity index (χ2n) is 11.3. The van der Waals surface area contributed by atoms with E-state index in [4.69, 9.17) is 4.98 Å². The Labute approximate surface area is 234 Å². The minimum atomic E-state index is -0.192. The molecule has 3 N–H and O–H groups in total. The van der Waals surface area contributed by atoms with Gasteiger partial charge in [0.2, 0.25) is 0 Å². The van der Waals surface area contributed by atoms with Crippen LogP contribution in [0.25, 0.3) is 11.0 Å². The minimum absolute atomic E-state index is 0.113. The van der Waals surface area contributed by atoms with E-state index in [1.54, 1.807) is 6.20 Å². The Hall–Kier alpha value is -3.09. The highest BCUT2D eigenvalue weighted by Gasteiger charge is 2.43. The van der Waals surface area contributed by atoms with Crippen LogP contribution in [0.2, 0.25) is 0 Å². The number of carbonyl (C=O) groups excluding carboxylic acids is 1. The predicted molar refractivity (Wildman–Crippen MR) is 155 cm³/mol. The monoisotopic (exact) mass is 546 g/mol. The normalized spacial score (nSPS) is 20.9. The molecule has 0 unspecified atom stereocenters. The number of nitrogens with zero attached hydrogens (tertiary/aromatic N) is 3. The van der Waals surface area contributed by atoms with Gasteiger partial charge in [0.25, 0.3) is 11.5 Å². The van der Waals surface area contributed by atoms with Crippen LogP contribution in [0.4, 0.5) is 0 Å². The summed E-state index contributed by atoms with van der Waals surface area (Å²) in [5, 5.41) is 16.9. The van der Waals surface area contributed by atoms with Gasteiger partial charge in [0.1, 0.15) is 5.65 Å². The van der Waals surface area contributed by atoms with Crippen LogP contribution in [0.3, 0.4) is 0 Å². The minimum Gasteiger partial charge on any atom is -0.348 e. The Bertz CT molecular complexity index is 1470. The van der Waals surface area contributed by atoms with Crippen molar-refractivity contribution in [2.75, 3.05) is 12.8 Å². The number of aryl methyl sites for hydroxylation is 1. The van der Waals surface area contributed by atoms with E-state index in [1.807, 2.05) is 38.3 Å². The largest absolute Gasteiger partial charge is 0.348 e. The van der Waals surface area contributed by atoms with E-state index in [2.05, 4.69) is 33.2 Å². The molecule has 3 aromatic rings. The lowest BCUT2D eigenvalue weighted by atomic mass is 9.81. The topological polar surface area (TPSA) is 116 Å². The van der Waals surface area contributed by atoms with Gasteiger partial charge in [-0.15, -0.1) is 11.8 Å². The predicted octanol–water partition coefficient (Wildman–Crippen LogP) is 5.01. The summed E-state index contributed by atoms with van der Waals surface area (Å²) in [7, 11) is 0. The summed E-state index contributed by atoms with van der Waals surface area (Å²) in [5.74, 6) is 0.291. The van der Waals surface area contributed by atoms with Crippen molar-refractivity contribution < 1.29 is 4.79 Å². The molecule has 8 nitrogen and oxygen atoms in total. The van der Waals surface area contributed by atoms with Gasteiger partial charge in [0.05, 0.1) is 17.0 Å². The van der Waals surface area contributed by atoms with Gasteiger partial charge < -0.3 is 20.2 Å². The zero-order valence-electron chi connectivity index (χ0n) is 23.3. The van der Waals surface area contributed by atoms with Crippen LogP contribution in [0, 0.1) is 36.5 Å². The quantitative estimate of drug-likeness (QED) is 0.325. The lowest BCUT2D eigenvalue weighted by Gasteiger charge is -2.34. The second kappa shape index (κ2) is 11.2. The second-order valence-corrected chi connectivity index (χ2v) is 12.2. The number of thioether (sulfide) groups is 1. The number of hydrogen-bond donors (Lipinski definition) is 3. The van der Waals surface area contributed by atoms with Crippen molar-refractivity contribution in [2.45, 2.75) is 82.8 Å². The third-order valence-electron chi connectivity index (χ3n) is 8.79. The van der Waals surface area contributed by atoms with Crippen molar-refractivity contribution >= 4 is 28.7 Å². The molecule has 3 aromatic heterocycles. The Morgan fingerprint density at radius 3 is 2.72 bits per heavy atom.